The van der Waals surface area contributed by atoms with E-state index in [9.17, 15) is 9.59 Å². The van der Waals surface area contributed by atoms with Crippen LogP contribution in [0, 0.1) is 18.3 Å². The Balaban J connectivity index is 1.85. The van der Waals surface area contributed by atoms with Gasteiger partial charge in [0, 0.05) is 30.4 Å². The summed E-state index contributed by atoms with van der Waals surface area (Å²) >= 11 is 0. The zero-order valence-corrected chi connectivity index (χ0v) is 12.4. The van der Waals surface area contributed by atoms with E-state index in [2.05, 4.69) is 5.32 Å². The van der Waals surface area contributed by atoms with Crippen molar-refractivity contribution < 1.29 is 4.79 Å². The highest BCUT2D eigenvalue weighted by Crippen LogP contribution is 2.09. The molecule has 0 bridgehead atoms. The number of carbonyl (C=O) groups is 1. The highest BCUT2D eigenvalue weighted by Gasteiger charge is 2.04. The third-order valence-corrected chi connectivity index (χ3v) is 3.35. The molecule has 2 rings (SSSR count). The Labute approximate surface area is 128 Å². The Bertz CT molecular complexity index is 755. The van der Waals surface area contributed by atoms with E-state index in [-0.39, 0.29) is 11.5 Å². The van der Waals surface area contributed by atoms with Gasteiger partial charge in [-0.15, -0.1) is 0 Å². The molecule has 0 aliphatic carbocycles. The molecule has 0 saturated carbocycles. The number of rotatable bonds is 5. The average Bonchev–Trinajstić information content (AvgIpc) is 2.51. The summed E-state index contributed by atoms with van der Waals surface area (Å²) in [5.41, 5.74) is 2.06. The van der Waals surface area contributed by atoms with Gasteiger partial charge in [0.15, 0.2) is 0 Å². The lowest BCUT2D eigenvalue weighted by molar-refractivity contribution is -0.116. The lowest BCUT2D eigenvalue weighted by Crippen LogP contribution is -2.22. The summed E-state index contributed by atoms with van der Waals surface area (Å²) < 4.78 is 1.66. The number of nitrogens with zero attached hydrogens (tertiary/aromatic N) is 2. The molecular formula is C17H17N3O2. The Morgan fingerprint density at radius 1 is 1.23 bits per heavy atom. The molecule has 1 N–H and O–H groups in total. The molecule has 0 aliphatic heterocycles. The van der Waals surface area contributed by atoms with Crippen molar-refractivity contribution in [3.63, 3.8) is 0 Å². The number of anilines is 1. The normalized spacial score (nSPS) is 10.0. The number of nitrogens with one attached hydrogen (secondary N) is 1. The number of hydrogen-bond acceptors (Lipinski definition) is 3. The third-order valence-electron chi connectivity index (χ3n) is 3.35. The molecule has 0 fully saturated rings. The molecule has 0 saturated heterocycles. The standard InChI is InChI=1S/C17H17N3O2/c1-13-4-2-6-17(22)20(13)11-3-5-16(21)19-15-9-7-14(12-18)8-10-15/h2,4,6-10H,3,5,11H2,1H3,(H,19,21). The van der Waals surface area contributed by atoms with E-state index >= 15 is 0 Å². The molecular weight excluding hydrogens is 278 g/mol. The fraction of sp³-hybridized carbons (Fsp3) is 0.235. The first-order valence-electron chi connectivity index (χ1n) is 7.06. The first kappa shape index (κ1) is 15.5. The average molecular weight is 295 g/mol. The Hall–Kier alpha value is -2.87. The number of benzene rings is 1. The molecule has 0 radical (unpaired) electrons. The molecule has 22 heavy (non-hydrogen) atoms. The topological polar surface area (TPSA) is 74.9 Å². The van der Waals surface area contributed by atoms with E-state index in [0.29, 0.717) is 30.6 Å². The maximum absolute atomic E-state index is 11.9. The van der Waals surface area contributed by atoms with E-state index in [4.69, 9.17) is 5.26 Å². The maximum atomic E-state index is 11.9. The summed E-state index contributed by atoms with van der Waals surface area (Å²) in [6.45, 7) is 2.39. The predicted octanol–water partition coefficient (Wildman–Crippen LogP) is 2.45. The van der Waals surface area contributed by atoms with Crippen LogP contribution in [0.5, 0.6) is 0 Å². The predicted molar refractivity (Wildman–Crippen MR) is 84.5 cm³/mol. The number of aromatic nitrogens is 1. The van der Waals surface area contributed by atoms with Crippen LogP contribution in [0.1, 0.15) is 24.1 Å². The first-order valence-corrected chi connectivity index (χ1v) is 7.06. The monoisotopic (exact) mass is 295 g/mol. The van der Waals surface area contributed by atoms with E-state index in [1.165, 1.54) is 6.07 Å². The molecule has 0 spiro atoms. The van der Waals surface area contributed by atoms with E-state index in [1.807, 2.05) is 19.1 Å². The molecule has 0 aliphatic rings. The van der Waals surface area contributed by atoms with Gasteiger partial charge in [-0.25, -0.2) is 0 Å². The first-order chi connectivity index (χ1) is 10.6. The zero-order valence-electron chi connectivity index (χ0n) is 12.4. The molecule has 112 valence electrons. The van der Waals surface area contributed by atoms with Gasteiger partial charge in [0.1, 0.15) is 0 Å². The highest BCUT2D eigenvalue weighted by atomic mass is 16.1. The fourth-order valence-electron chi connectivity index (χ4n) is 2.16. The molecule has 1 heterocycles. The number of aryl methyl sites for hydroxylation is 1. The van der Waals surface area contributed by atoms with Gasteiger partial charge in [0.25, 0.3) is 5.56 Å². The second-order valence-corrected chi connectivity index (χ2v) is 5.00. The van der Waals surface area contributed by atoms with Crippen molar-refractivity contribution in [2.75, 3.05) is 5.32 Å². The Morgan fingerprint density at radius 2 is 1.95 bits per heavy atom. The Morgan fingerprint density at radius 3 is 2.59 bits per heavy atom. The third kappa shape index (κ3) is 4.06. The second kappa shape index (κ2) is 7.23. The molecule has 1 amide bonds. The van der Waals surface area contributed by atoms with Crippen LogP contribution in [0.25, 0.3) is 0 Å². The summed E-state index contributed by atoms with van der Waals surface area (Å²) in [4.78, 5) is 23.6. The highest BCUT2D eigenvalue weighted by molar-refractivity contribution is 5.90. The van der Waals surface area contributed by atoms with Gasteiger partial charge in [-0.2, -0.15) is 5.26 Å². The van der Waals surface area contributed by atoms with Crippen molar-refractivity contribution in [1.29, 1.82) is 5.26 Å². The number of pyridine rings is 1. The number of carbonyl (C=O) groups excluding carboxylic acids is 1. The van der Waals surface area contributed by atoms with Gasteiger partial charge >= 0.3 is 0 Å². The smallest absolute Gasteiger partial charge is 0.250 e. The van der Waals surface area contributed by atoms with Crippen molar-refractivity contribution in [3.8, 4) is 6.07 Å². The van der Waals surface area contributed by atoms with Gasteiger partial charge in [0.05, 0.1) is 11.6 Å². The van der Waals surface area contributed by atoms with Crippen LogP contribution in [-0.2, 0) is 11.3 Å². The van der Waals surface area contributed by atoms with Crippen LogP contribution >= 0.6 is 0 Å². The van der Waals surface area contributed by atoms with Crippen molar-refractivity contribution in [3.05, 3.63) is 64.1 Å². The van der Waals surface area contributed by atoms with Gasteiger partial charge in [0.2, 0.25) is 5.91 Å². The summed E-state index contributed by atoms with van der Waals surface area (Å²) in [6, 6.07) is 13.8. The lowest BCUT2D eigenvalue weighted by Gasteiger charge is -2.09. The van der Waals surface area contributed by atoms with Crippen LogP contribution in [-0.4, -0.2) is 10.5 Å². The summed E-state index contributed by atoms with van der Waals surface area (Å²) in [5, 5.41) is 11.5. The van der Waals surface area contributed by atoms with Crippen LogP contribution in [0.2, 0.25) is 0 Å². The summed E-state index contributed by atoms with van der Waals surface area (Å²) in [5.74, 6) is -0.105. The van der Waals surface area contributed by atoms with Gasteiger partial charge in [-0.3, -0.25) is 9.59 Å². The largest absolute Gasteiger partial charge is 0.326 e. The zero-order chi connectivity index (χ0) is 15.9. The second-order valence-electron chi connectivity index (χ2n) is 5.00. The molecule has 0 unspecified atom stereocenters. The van der Waals surface area contributed by atoms with E-state index < -0.39 is 0 Å². The molecule has 5 heteroatoms. The number of hydrogen-bond donors (Lipinski definition) is 1. The lowest BCUT2D eigenvalue weighted by atomic mass is 10.2. The SMILES string of the molecule is Cc1cccc(=O)n1CCCC(=O)Nc1ccc(C#N)cc1. The number of nitriles is 1. The summed E-state index contributed by atoms with van der Waals surface area (Å²) in [6.07, 6.45) is 0.924. The molecule has 5 nitrogen and oxygen atoms in total. The minimum atomic E-state index is -0.105. The molecule has 2 aromatic rings. The fourth-order valence-corrected chi connectivity index (χ4v) is 2.16. The van der Waals surface area contributed by atoms with Gasteiger partial charge in [-0.1, -0.05) is 6.07 Å². The van der Waals surface area contributed by atoms with Crippen LogP contribution in [0.4, 0.5) is 5.69 Å². The van der Waals surface area contributed by atoms with Crippen molar-refractivity contribution in [2.24, 2.45) is 0 Å². The van der Waals surface area contributed by atoms with Crippen molar-refractivity contribution >= 4 is 11.6 Å². The van der Waals surface area contributed by atoms with Crippen LogP contribution in [0.15, 0.2) is 47.3 Å². The number of amides is 1. The quantitative estimate of drug-likeness (QED) is 0.920. The molecule has 0 atom stereocenters. The minimum Gasteiger partial charge on any atom is -0.326 e. The van der Waals surface area contributed by atoms with Crippen molar-refractivity contribution in [2.45, 2.75) is 26.3 Å². The van der Waals surface area contributed by atoms with Gasteiger partial charge < -0.3 is 9.88 Å². The molecule has 1 aromatic heterocycles. The van der Waals surface area contributed by atoms with E-state index in [0.717, 1.165) is 5.69 Å². The Kier molecular flexibility index (Phi) is 5.10. The molecule has 1 aromatic carbocycles. The minimum absolute atomic E-state index is 0.0486. The van der Waals surface area contributed by atoms with Crippen LogP contribution < -0.4 is 10.9 Å². The van der Waals surface area contributed by atoms with E-state index in [1.54, 1.807) is 34.9 Å². The van der Waals surface area contributed by atoms with Crippen molar-refractivity contribution in [1.82, 2.24) is 4.57 Å². The summed E-state index contributed by atoms with van der Waals surface area (Å²) in [7, 11) is 0. The van der Waals surface area contributed by atoms with Gasteiger partial charge in [-0.05, 0) is 43.7 Å². The van der Waals surface area contributed by atoms with Crippen LogP contribution in [0.3, 0.4) is 0 Å². The maximum Gasteiger partial charge on any atom is 0.250 e.